The Kier molecular flexibility index (Phi) is 10.6. The zero-order valence-corrected chi connectivity index (χ0v) is 24.8. The molecular weight excluding hydrogens is 613 g/mol. The van der Waals surface area contributed by atoms with E-state index in [-0.39, 0.29) is 29.6 Å². The first-order chi connectivity index (χ1) is 18.0. The lowest BCUT2D eigenvalue weighted by atomic mass is 10.0. The molecule has 0 radical (unpaired) electrons. The minimum atomic E-state index is -3.92. The Balaban J connectivity index is 2.05. The van der Waals surface area contributed by atoms with E-state index < -0.39 is 28.5 Å². The first-order valence-electron chi connectivity index (χ1n) is 11.8. The van der Waals surface area contributed by atoms with Crippen LogP contribution >= 0.6 is 39.1 Å². The standard InChI is InChI=1S/C27H28BrCl2N3O4S/c1-3-31-27(35)25(15-19-7-5-4-6-8-19)32(17-20-9-11-21(28)12-10-20)26(34)18-33(38(2,36)37)24-14-13-22(29)16-23(24)30/h4-14,16,25H,3,15,17-18H2,1-2H3,(H,31,35)/t25-/m0/s1. The summed E-state index contributed by atoms with van der Waals surface area (Å²) in [6.07, 6.45) is 1.24. The Morgan fingerprint density at radius 1 is 0.974 bits per heavy atom. The Morgan fingerprint density at radius 2 is 1.63 bits per heavy atom. The maximum absolute atomic E-state index is 13.9. The van der Waals surface area contributed by atoms with Crippen molar-refractivity contribution in [1.29, 1.82) is 0 Å². The van der Waals surface area contributed by atoms with Crippen LogP contribution in [0, 0.1) is 0 Å². The molecule has 0 heterocycles. The van der Waals surface area contributed by atoms with E-state index in [2.05, 4.69) is 21.2 Å². The fourth-order valence-corrected chi connectivity index (χ4v) is 5.60. The van der Waals surface area contributed by atoms with Crippen LogP contribution in [-0.4, -0.2) is 50.5 Å². The molecule has 0 saturated carbocycles. The van der Waals surface area contributed by atoms with Gasteiger partial charge in [-0.3, -0.25) is 13.9 Å². The van der Waals surface area contributed by atoms with Gasteiger partial charge in [-0.15, -0.1) is 0 Å². The molecule has 3 rings (SSSR count). The third kappa shape index (κ3) is 8.20. The van der Waals surface area contributed by atoms with Gasteiger partial charge in [0.15, 0.2) is 0 Å². The van der Waals surface area contributed by atoms with Crippen molar-refractivity contribution < 1.29 is 18.0 Å². The predicted octanol–water partition coefficient (Wildman–Crippen LogP) is 5.30. The summed E-state index contributed by atoms with van der Waals surface area (Å²) in [4.78, 5) is 28.6. The Hall–Kier alpha value is -2.59. The number of amides is 2. The van der Waals surface area contributed by atoms with E-state index >= 15 is 0 Å². The zero-order chi connectivity index (χ0) is 27.9. The van der Waals surface area contributed by atoms with Gasteiger partial charge in [-0.1, -0.05) is 81.6 Å². The number of benzene rings is 3. The Morgan fingerprint density at radius 3 is 2.21 bits per heavy atom. The van der Waals surface area contributed by atoms with Gasteiger partial charge in [-0.05, 0) is 48.4 Å². The fraction of sp³-hybridized carbons (Fsp3) is 0.259. The first kappa shape index (κ1) is 30.0. The summed E-state index contributed by atoms with van der Waals surface area (Å²) in [5, 5.41) is 3.23. The van der Waals surface area contributed by atoms with Crippen molar-refractivity contribution >= 4 is 66.7 Å². The van der Waals surface area contributed by atoms with Crippen LogP contribution in [0.2, 0.25) is 10.0 Å². The number of nitrogens with zero attached hydrogens (tertiary/aromatic N) is 2. The zero-order valence-electron chi connectivity index (χ0n) is 20.9. The molecule has 7 nitrogen and oxygen atoms in total. The van der Waals surface area contributed by atoms with Gasteiger partial charge >= 0.3 is 0 Å². The van der Waals surface area contributed by atoms with Gasteiger partial charge in [0.1, 0.15) is 12.6 Å². The molecular formula is C27H28BrCl2N3O4S. The van der Waals surface area contributed by atoms with E-state index in [1.165, 1.54) is 23.1 Å². The molecule has 0 bridgehead atoms. The molecule has 0 fully saturated rings. The predicted molar refractivity (Wildman–Crippen MR) is 156 cm³/mol. The minimum absolute atomic E-state index is 0.0831. The highest BCUT2D eigenvalue weighted by atomic mass is 79.9. The largest absolute Gasteiger partial charge is 0.355 e. The molecule has 11 heteroatoms. The highest BCUT2D eigenvalue weighted by Crippen LogP contribution is 2.30. The third-order valence-corrected chi connectivity index (χ3v) is 7.94. The summed E-state index contributed by atoms with van der Waals surface area (Å²) >= 11 is 15.7. The minimum Gasteiger partial charge on any atom is -0.355 e. The van der Waals surface area contributed by atoms with Gasteiger partial charge in [0.05, 0.1) is 17.0 Å². The molecule has 0 saturated heterocycles. The molecule has 0 spiro atoms. The molecule has 0 unspecified atom stereocenters. The topological polar surface area (TPSA) is 86.8 Å². The van der Waals surface area contributed by atoms with Crippen LogP contribution in [0.3, 0.4) is 0 Å². The lowest BCUT2D eigenvalue weighted by Crippen LogP contribution is -2.53. The van der Waals surface area contributed by atoms with Crippen molar-refractivity contribution in [2.75, 3.05) is 23.7 Å². The summed E-state index contributed by atoms with van der Waals surface area (Å²) in [5.41, 5.74) is 1.76. The quantitative estimate of drug-likeness (QED) is 0.308. The van der Waals surface area contributed by atoms with Crippen LogP contribution < -0.4 is 9.62 Å². The van der Waals surface area contributed by atoms with Crippen LogP contribution in [0.4, 0.5) is 5.69 Å². The summed E-state index contributed by atoms with van der Waals surface area (Å²) in [7, 11) is -3.92. The molecule has 0 aliphatic carbocycles. The number of carbonyl (C=O) groups is 2. The van der Waals surface area contributed by atoms with Gasteiger partial charge in [-0.2, -0.15) is 0 Å². The van der Waals surface area contributed by atoms with Crippen molar-refractivity contribution in [2.45, 2.75) is 25.9 Å². The van der Waals surface area contributed by atoms with Crippen molar-refractivity contribution in [2.24, 2.45) is 0 Å². The van der Waals surface area contributed by atoms with Crippen LogP contribution in [0.15, 0.2) is 77.3 Å². The number of carbonyl (C=O) groups excluding carboxylic acids is 2. The molecule has 3 aromatic rings. The van der Waals surface area contributed by atoms with Crippen LogP contribution in [-0.2, 0) is 32.6 Å². The molecule has 38 heavy (non-hydrogen) atoms. The number of sulfonamides is 1. The third-order valence-electron chi connectivity index (χ3n) is 5.75. The molecule has 0 aromatic heterocycles. The number of anilines is 1. The monoisotopic (exact) mass is 639 g/mol. The number of halogens is 3. The van der Waals surface area contributed by atoms with Gasteiger partial charge in [0, 0.05) is 29.0 Å². The molecule has 202 valence electrons. The molecule has 1 atom stereocenters. The number of rotatable bonds is 11. The van der Waals surface area contributed by atoms with Gasteiger partial charge in [0.2, 0.25) is 21.8 Å². The van der Waals surface area contributed by atoms with E-state index in [0.29, 0.717) is 11.6 Å². The summed E-state index contributed by atoms with van der Waals surface area (Å²) in [6.45, 7) is 1.71. The fourth-order valence-electron chi connectivity index (χ4n) is 3.91. The highest BCUT2D eigenvalue weighted by molar-refractivity contribution is 9.10. The second-order valence-corrected chi connectivity index (χ2v) is 12.3. The van der Waals surface area contributed by atoms with E-state index in [9.17, 15) is 18.0 Å². The van der Waals surface area contributed by atoms with Crippen molar-refractivity contribution in [3.05, 3.63) is 98.4 Å². The number of hydrogen-bond acceptors (Lipinski definition) is 4. The Bertz CT molecular complexity index is 1370. The maximum Gasteiger partial charge on any atom is 0.244 e. The average molecular weight is 641 g/mol. The normalized spacial score (nSPS) is 12.0. The van der Waals surface area contributed by atoms with Crippen molar-refractivity contribution in [3.63, 3.8) is 0 Å². The first-order valence-corrected chi connectivity index (χ1v) is 15.2. The van der Waals surface area contributed by atoms with E-state index in [1.807, 2.05) is 54.6 Å². The average Bonchev–Trinajstić information content (AvgIpc) is 2.86. The SMILES string of the molecule is CCNC(=O)[C@H](Cc1ccccc1)N(Cc1ccc(Br)cc1)C(=O)CN(c1ccc(Cl)cc1Cl)S(C)(=O)=O. The summed E-state index contributed by atoms with van der Waals surface area (Å²) in [5.74, 6) is -0.895. The van der Waals surface area contributed by atoms with E-state index in [0.717, 1.165) is 26.2 Å². The number of hydrogen-bond donors (Lipinski definition) is 1. The summed E-state index contributed by atoms with van der Waals surface area (Å²) in [6, 6.07) is 20.2. The Labute approximate surface area is 241 Å². The van der Waals surface area contributed by atoms with Gasteiger partial charge in [0.25, 0.3) is 0 Å². The molecule has 2 amide bonds. The number of likely N-dealkylation sites (N-methyl/N-ethyl adjacent to an activating group) is 1. The van der Waals surface area contributed by atoms with Gasteiger partial charge in [-0.25, -0.2) is 8.42 Å². The van der Waals surface area contributed by atoms with E-state index in [1.54, 1.807) is 6.92 Å². The number of nitrogens with one attached hydrogen (secondary N) is 1. The second-order valence-electron chi connectivity index (χ2n) is 8.61. The van der Waals surface area contributed by atoms with Crippen LogP contribution in [0.5, 0.6) is 0 Å². The van der Waals surface area contributed by atoms with Gasteiger partial charge < -0.3 is 10.2 Å². The van der Waals surface area contributed by atoms with Crippen LogP contribution in [0.25, 0.3) is 0 Å². The highest BCUT2D eigenvalue weighted by Gasteiger charge is 2.33. The maximum atomic E-state index is 13.9. The molecule has 3 aromatic carbocycles. The molecule has 1 N–H and O–H groups in total. The van der Waals surface area contributed by atoms with Crippen molar-refractivity contribution in [3.8, 4) is 0 Å². The molecule has 0 aliphatic heterocycles. The van der Waals surface area contributed by atoms with Crippen LogP contribution in [0.1, 0.15) is 18.1 Å². The molecule has 0 aliphatic rings. The van der Waals surface area contributed by atoms with Crippen molar-refractivity contribution in [1.82, 2.24) is 10.2 Å². The second kappa shape index (κ2) is 13.5. The smallest absolute Gasteiger partial charge is 0.244 e. The summed E-state index contributed by atoms with van der Waals surface area (Å²) < 4.78 is 27.4. The van der Waals surface area contributed by atoms with E-state index in [4.69, 9.17) is 23.2 Å². The lowest BCUT2D eigenvalue weighted by molar-refractivity contribution is -0.140. The lowest BCUT2D eigenvalue weighted by Gasteiger charge is -2.33.